The quantitative estimate of drug-likeness (QED) is 0.686. The van der Waals surface area contributed by atoms with Crippen LogP contribution >= 0.6 is 0 Å². The van der Waals surface area contributed by atoms with Gasteiger partial charge in [-0.15, -0.1) is 0 Å². The van der Waals surface area contributed by atoms with E-state index < -0.39 is 0 Å². The van der Waals surface area contributed by atoms with E-state index in [-0.39, 0.29) is 9.13 Å². The summed E-state index contributed by atoms with van der Waals surface area (Å²) in [6, 6.07) is 17.2. The maximum Gasteiger partial charge on any atom is 0.0299 e. The van der Waals surface area contributed by atoms with E-state index in [0.717, 1.165) is 0 Å². The summed E-state index contributed by atoms with van der Waals surface area (Å²) in [4.78, 5) is 0. The number of hydrogen-bond acceptors (Lipinski definition) is 0. The molecule has 0 saturated carbocycles. The fraction of sp³-hybridized carbons (Fsp3) is 0.133. The van der Waals surface area contributed by atoms with Crippen molar-refractivity contribution in [3.63, 3.8) is 0 Å². The number of rotatable bonds is 2. The number of hydrogen-bond donors (Lipinski definition) is 0. The molecule has 0 amide bonds. The smallest absolute Gasteiger partial charge is 0.0299 e. The lowest BCUT2D eigenvalue weighted by molar-refractivity contribution is 1.37. The second kappa shape index (κ2) is 5.04. The van der Waals surface area contributed by atoms with Crippen molar-refractivity contribution in [1.82, 2.24) is 0 Å². The van der Waals surface area contributed by atoms with E-state index in [1.54, 1.807) is 0 Å². The van der Waals surface area contributed by atoms with Crippen LogP contribution in [-0.2, 0) is 0 Å². The van der Waals surface area contributed by atoms with Crippen molar-refractivity contribution >= 4 is 20.0 Å². The standard InChI is InChI=1S/C15H16Si/c1-12-7-6-8-13(2)15(12)11-16-14-9-4-3-5-10-14/h3-11,16H,1-2H3. The predicted octanol–water partition coefficient (Wildman–Crippen LogP) is 2.22. The molecule has 2 rings (SSSR count). The van der Waals surface area contributed by atoms with Crippen LogP contribution in [-0.4, -0.2) is 14.8 Å². The van der Waals surface area contributed by atoms with Crippen molar-refractivity contribution < 1.29 is 0 Å². The Kier molecular flexibility index (Phi) is 3.47. The average molecular weight is 224 g/mol. The SMILES string of the molecule is Cc1cccc(C)c1C=[SiH]c1ccccc1. The third-order valence-electron chi connectivity index (χ3n) is 2.78. The van der Waals surface area contributed by atoms with Crippen LogP contribution in [0.4, 0.5) is 0 Å². The predicted molar refractivity (Wildman–Crippen MR) is 74.3 cm³/mol. The van der Waals surface area contributed by atoms with Crippen LogP contribution in [0.15, 0.2) is 48.5 Å². The summed E-state index contributed by atoms with van der Waals surface area (Å²) >= 11 is 0. The maximum atomic E-state index is 2.40. The monoisotopic (exact) mass is 224 g/mol. The fourth-order valence-corrected chi connectivity index (χ4v) is 3.16. The van der Waals surface area contributed by atoms with E-state index in [2.05, 4.69) is 68.1 Å². The molecule has 0 aromatic heterocycles. The number of aryl methyl sites for hydroxylation is 2. The van der Waals surface area contributed by atoms with E-state index in [1.807, 2.05) is 0 Å². The number of benzene rings is 2. The Labute approximate surface area is 99.4 Å². The van der Waals surface area contributed by atoms with Gasteiger partial charge in [-0.2, -0.15) is 0 Å². The molecule has 0 saturated heterocycles. The molecule has 2 aromatic carbocycles. The molecule has 0 fully saturated rings. The van der Waals surface area contributed by atoms with E-state index in [1.165, 1.54) is 21.9 Å². The van der Waals surface area contributed by atoms with Gasteiger partial charge in [0.05, 0.1) is 0 Å². The Morgan fingerprint density at radius 2 is 1.44 bits per heavy atom. The van der Waals surface area contributed by atoms with Gasteiger partial charge < -0.3 is 0 Å². The Bertz CT molecular complexity index is 478. The van der Waals surface area contributed by atoms with Gasteiger partial charge in [-0.3, -0.25) is 0 Å². The van der Waals surface area contributed by atoms with Crippen LogP contribution in [0.1, 0.15) is 16.7 Å². The zero-order valence-electron chi connectivity index (χ0n) is 9.77. The molecule has 0 aliphatic rings. The van der Waals surface area contributed by atoms with E-state index >= 15 is 0 Å². The molecule has 0 aliphatic heterocycles. The second-order valence-corrected chi connectivity index (χ2v) is 5.38. The molecule has 16 heavy (non-hydrogen) atoms. The van der Waals surface area contributed by atoms with Gasteiger partial charge >= 0.3 is 0 Å². The van der Waals surface area contributed by atoms with Crippen LogP contribution in [0, 0.1) is 13.8 Å². The summed E-state index contributed by atoms with van der Waals surface area (Å²) in [6.45, 7) is 4.37. The Hall–Kier alpha value is -1.47. The molecule has 0 heterocycles. The second-order valence-electron chi connectivity index (χ2n) is 4.05. The summed E-state index contributed by atoms with van der Waals surface area (Å²) in [6.07, 6.45) is 0. The van der Waals surface area contributed by atoms with Crippen LogP contribution in [0.2, 0.25) is 0 Å². The third-order valence-corrected chi connectivity index (χ3v) is 4.05. The molecule has 0 spiro atoms. The molecule has 0 bridgehead atoms. The van der Waals surface area contributed by atoms with Crippen molar-refractivity contribution in [1.29, 1.82) is 0 Å². The highest BCUT2D eigenvalue weighted by Crippen LogP contribution is 2.09. The molecule has 0 unspecified atom stereocenters. The lowest BCUT2D eigenvalue weighted by atomic mass is 10.1. The van der Waals surface area contributed by atoms with Crippen LogP contribution < -0.4 is 5.19 Å². The summed E-state index contributed by atoms with van der Waals surface area (Å²) < 4.78 is 0. The lowest BCUT2D eigenvalue weighted by Gasteiger charge is -2.04. The summed E-state index contributed by atoms with van der Waals surface area (Å²) in [5, 5.41) is 1.45. The topological polar surface area (TPSA) is 0 Å². The van der Waals surface area contributed by atoms with Gasteiger partial charge in [-0.1, -0.05) is 54.2 Å². The zero-order valence-corrected chi connectivity index (χ0v) is 10.9. The molecule has 0 nitrogen and oxygen atoms in total. The van der Waals surface area contributed by atoms with Gasteiger partial charge in [0.1, 0.15) is 0 Å². The van der Waals surface area contributed by atoms with Crippen molar-refractivity contribution in [2.75, 3.05) is 0 Å². The largest absolute Gasteiger partial charge is 0.0721 e. The first-order valence-electron chi connectivity index (χ1n) is 5.57. The normalized spacial score (nSPS) is 10.9. The lowest BCUT2D eigenvalue weighted by Crippen LogP contribution is -2.09. The highest BCUT2D eigenvalue weighted by atomic mass is 28.2. The molecular weight excluding hydrogens is 208 g/mol. The first-order chi connectivity index (χ1) is 7.77. The molecular formula is C15H16Si. The van der Waals surface area contributed by atoms with Gasteiger partial charge in [0.15, 0.2) is 0 Å². The van der Waals surface area contributed by atoms with E-state index in [4.69, 9.17) is 0 Å². The third kappa shape index (κ3) is 2.55. The molecule has 2 aromatic rings. The summed E-state index contributed by atoms with van der Waals surface area (Å²) in [7, 11) is 0.236. The van der Waals surface area contributed by atoms with Gasteiger partial charge in [0, 0.05) is 9.13 Å². The molecule has 1 heteroatoms. The van der Waals surface area contributed by atoms with Crippen LogP contribution in [0.3, 0.4) is 0 Å². The maximum absolute atomic E-state index is 2.40. The highest BCUT2D eigenvalue weighted by Gasteiger charge is 1.96. The first kappa shape index (κ1) is 11.0. The minimum Gasteiger partial charge on any atom is -0.0721 e. The average Bonchev–Trinajstić information content (AvgIpc) is 2.30. The summed E-state index contributed by atoms with van der Waals surface area (Å²) in [5.41, 5.74) is 6.58. The fourth-order valence-electron chi connectivity index (χ4n) is 1.83. The van der Waals surface area contributed by atoms with E-state index in [0.29, 0.717) is 0 Å². The highest BCUT2D eigenvalue weighted by molar-refractivity contribution is 6.63. The molecule has 0 atom stereocenters. The minimum absolute atomic E-state index is 0.236. The molecule has 0 radical (unpaired) electrons. The summed E-state index contributed by atoms with van der Waals surface area (Å²) in [5.74, 6) is 0. The first-order valence-corrected chi connectivity index (χ1v) is 6.81. The molecule has 80 valence electrons. The van der Waals surface area contributed by atoms with Crippen molar-refractivity contribution in [2.24, 2.45) is 0 Å². The van der Waals surface area contributed by atoms with Crippen LogP contribution in [0.5, 0.6) is 0 Å². The van der Waals surface area contributed by atoms with Gasteiger partial charge in [0.25, 0.3) is 0 Å². The van der Waals surface area contributed by atoms with Crippen molar-refractivity contribution in [3.8, 4) is 0 Å². The van der Waals surface area contributed by atoms with E-state index in [9.17, 15) is 0 Å². The van der Waals surface area contributed by atoms with Crippen LogP contribution in [0.25, 0.3) is 0 Å². The van der Waals surface area contributed by atoms with Crippen molar-refractivity contribution in [3.05, 3.63) is 65.2 Å². The van der Waals surface area contributed by atoms with Gasteiger partial charge in [0.2, 0.25) is 0 Å². The van der Waals surface area contributed by atoms with Crippen molar-refractivity contribution in [2.45, 2.75) is 13.8 Å². The van der Waals surface area contributed by atoms with Gasteiger partial charge in [-0.05, 0) is 35.7 Å². The Balaban J connectivity index is 2.31. The Morgan fingerprint density at radius 1 is 0.812 bits per heavy atom. The zero-order chi connectivity index (χ0) is 11.4. The van der Waals surface area contributed by atoms with Gasteiger partial charge in [-0.25, -0.2) is 0 Å². The molecule has 0 N–H and O–H groups in total. The Morgan fingerprint density at radius 3 is 2.06 bits per heavy atom. The minimum atomic E-state index is 0.236. The molecule has 0 aliphatic carbocycles.